The summed E-state index contributed by atoms with van der Waals surface area (Å²) in [4.78, 5) is 25.3. The Hall–Kier alpha value is -1.55. The SMILES string of the molecule is Cc1ccc(Cl)c(NC2CC(=O)N(C(C)C)C2=O)c1. The fourth-order valence-electron chi connectivity index (χ4n) is 2.24. The third kappa shape index (κ3) is 2.73. The van der Waals surface area contributed by atoms with Gasteiger partial charge in [-0.15, -0.1) is 0 Å². The molecule has 1 unspecified atom stereocenters. The van der Waals surface area contributed by atoms with Crippen LogP contribution in [0.2, 0.25) is 5.02 Å². The summed E-state index contributed by atoms with van der Waals surface area (Å²) >= 11 is 6.09. The Bertz CT molecular complexity index is 528. The van der Waals surface area contributed by atoms with Gasteiger partial charge < -0.3 is 5.32 Å². The maximum Gasteiger partial charge on any atom is 0.252 e. The van der Waals surface area contributed by atoms with Crippen LogP contribution < -0.4 is 5.32 Å². The number of likely N-dealkylation sites (tertiary alicyclic amines) is 1. The summed E-state index contributed by atoms with van der Waals surface area (Å²) in [6.07, 6.45) is 0.182. The van der Waals surface area contributed by atoms with Crippen molar-refractivity contribution in [3.05, 3.63) is 28.8 Å². The summed E-state index contributed by atoms with van der Waals surface area (Å²) in [7, 11) is 0. The predicted octanol–water partition coefficient (Wildman–Crippen LogP) is 2.60. The summed E-state index contributed by atoms with van der Waals surface area (Å²) in [5, 5.41) is 3.62. The zero-order valence-electron chi connectivity index (χ0n) is 11.2. The van der Waals surface area contributed by atoms with Gasteiger partial charge in [-0.25, -0.2) is 0 Å². The number of hydrogen-bond acceptors (Lipinski definition) is 3. The van der Waals surface area contributed by atoms with Gasteiger partial charge in [0.05, 0.1) is 17.1 Å². The largest absolute Gasteiger partial charge is 0.372 e. The molecule has 1 aromatic carbocycles. The summed E-state index contributed by atoms with van der Waals surface area (Å²) in [5.41, 5.74) is 1.74. The summed E-state index contributed by atoms with van der Waals surface area (Å²) < 4.78 is 0. The van der Waals surface area contributed by atoms with E-state index >= 15 is 0 Å². The highest BCUT2D eigenvalue weighted by Gasteiger charge is 2.39. The van der Waals surface area contributed by atoms with Crippen molar-refractivity contribution in [2.75, 3.05) is 5.32 Å². The predicted molar refractivity (Wildman–Crippen MR) is 75.2 cm³/mol. The number of hydrogen-bond donors (Lipinski definition) is 1. The van der Waals surface area contributed by atoms with E-state index in [1.165, 1.54) is 4.90 Å². The van der Waals surface area contributed by atoms with E-state index in [4.69, 9.17) is 11.6 Å². The molecule has 0 bridgehead atoms. The van der Waals surface area contributed by atoms with Crippen molar-refractivity contribution in [3.8, 4) is 0 Å². The molecule has 2 amide bonds. The van der Waals surface area contributed by atoms with Crippen LogP contribution in [0, 0.1) is 6.92 Å². The van der Waals surface area contributed by atoms with Gasteiger partial charge in [0, 0.05) is 6.04 Å². The van der Waals surface area contributed by atoms with Gasteiger partial charge in [-0.2, -0.15) is 0 Å². The van der Waals surface area contributed by atoms with Gasteiger partial charge in [0.25, 0.3) is 5.91 Å². The van der Waals surface area contributed by atoms with Gasteiger partial charge in [0.1, 0.15) is 6.04 Å². The van der Waals surface area contributed by atoms with Crippen LogP contribution in [0.4, 0.5) is 5.69 Å². The lowest BCUT2D eigenvalue weighted by atomic mass is 10.2. The number of halogens is 1. The van der Waals surface area contributed by atoms with Crippen molar-refractivity contribution in [2.24, 2.45) is 0 Å². The lowest BCUT2D eigenvalue weighted by Gasteiger charge is -2.19. The number of anilines is 1. The van der Waals surface area contributed by atoms with Crippen molar-refractivity contribution in [1.29, 1.82) is 0 Å². The second-order valence-electron chi connectivity index (χ2n) is 5.08. The Kier molecular flexibility index (Phi) is 3.80. The first-order valence-electron chi connectivity index (χ1n) is 6.28. The Morgan fingerprint density at radius 2 is 2.05 bits per heavy atom. The van der Waals surface area contributed by atoms with Crippen LogP contribution in [0.15, 0.2) is 18.2 Å². The minimum absolute atomic E-state index is 0.111. The van der Waals surface area contributed by atoms with Gasteiger partial charge in [-0.3, -0.25) is 14.5 Å². The molecular weight excluding hydrogens is 264 g/mol. The highest BCUT2D eigenvalue weighted by molar-refractivity contribution is 6.33. The molecule has 2 rings (SSSR count). The van der Waals surface area contributed by atoms with Gasteiger partial charge in [0.15, 0.2) is 0 Å². The van der Waals surface area contributed by atoms with Crippen LogP contribution in [-0.4, -0.2) is 28.8 Å². The Balaban J connectivity index is 2.19. The number of nitrogens with zero attached hydrogens (tertiary/aromatic N) is 1. The summed E-state index contributed by atoms with van der Waals surface area (Å²) in [5.74, 6) is -0.321. The molecule has 1 N–H and O–H groups in total. The van der Waals surface area contributed by atoms with E-state index in [1.807, 2.05) is 32.9 Å². The van der Waals surface area contributed by atoms with E-state index in [2.05, 4.69) is 5.32 Å². The van der Waals surface area contributed by atoms with Crippen molar-refractivity contribution < 1.29 is 9.59 Å². The third-order valence-corrected chi connectivity index (χ3v) is 3.48. The number of carbonyl (C=O) groups excluding carboxylic acids is 2. The zero-order chi connectivity index (χ0) is 14.2. The lowest BCUT2D eigenvalue weighted by Crippen LogP contribution is -2.39. The van der Waals surface area contributed by atoms with Crippen LogP contribution in [0.5, 0.6) is 0 Å². The second kappa shape index (κ2) is 5.21. The lowest BCUT2D eigenvalue weighted by molar-refractivity contribution is -0.140. The number of aryl methyl sites for hydroxylation is 1. The summed E-state index contributed by atoms with van der Waals surface area (Å²) in [6.45, 7) is 5.61. The molecule has 1 aromatic rings. The van der Waals surface area contributed by atoms with Crippen LogP contribution in [-0.2, 0) is 9.59 Å². The third-order valence-electron chi connectivity index (χ3n) is 3.15. The second-order valence-corrected chi connectivity index (χ2v) is 5.49. The maximum atomic E-state index is 12.2. The molecule has 0 aromatic heterocycles. The molecule has 1 heterocycles. The Labute approximate surface area is 117 Å². The van der Waals surface area contributed by atoms with E-state index in [-0.39, 0.29) is 24.3 Å². The van der Waals surface area contributed by atoms with Crippen LogP contribution in [0.1, 0.15) is 25.8 Å². The minimum atomic E-state index is -0.519. The van der Waals surface area contributed by atoms with Gasteiger partial charge in [-0.1, -0.05) is 17.7 Å². The molecule has 1 fully saturated rings. The molecule has 0 saturated carbocycles. The van der Waals surface area contributed by atoms with E-state index in [0.717, 1.165) is 5.56 Å². The number of benzene rings is 1. The standard InChI is InChI=1S/C14H17ClN2O2/c1-8(2)17-13(18)7-12(14(17)19)16-11-6-9(3)4-5-10(11)15/h4-6,8,12,16H,7H2,1-3H3. The first-order valence-corrected chi connectivity index (χ1v) is 6.66. The van der Waals surface area contributed by atoms with Crippen molar-refractivity contribution in [2.45, 2.75) is 39.3 Å². The average molecular weight is 281 g/mol. The van der Waals surface area contributed by atoms with Crippen LogP contribution in [0.3, 0.4) is 0 Å². The maximum absolute atomic E-state index is 12.2. The van der Waals surface area contributed by atoms with Crippen molar-refractivity contribution in [3.63, 3.8) is 0 Å². The molecule has 1 aliphatic rings. The molecule has 0 spiro atoms. The number of nitrogens with one attached hydrogen (secondary N) is 1. The average Bonchev–Trinajstić information content (AvgIpc) is 2.59. The highest BCUT2D eigenvalue weighted by Crippen LogP contribution is 2.26. The number of amides is 2. The Morgan fingerprint density at radius 1 is 1.37 bits per heavy atom. The molecular formula is C14H17ClN2O2. The van der Waals surface area contributed by atoms with Crippen LogP contribution in [0.25, 0.3) is 0 Å². The monoisotopic (exact) mass is 280 g/mol. The fourth-order valence-corrected chi connectivity index (χ4v) is 2.42. The number of imide groups is 1. The van der Waals surface area contributed by atoms with E-state index in [0.29, 0.717) is 10.7 Å². The zero-order valence-corrected chi connectivity index (χ0v) is 12.0. The fraction of sp³-hybridized carbons (Fsp3) is 0.429. The molecule has 1 aliphatic heterocycles. The molecule has 4 nitrogen and oxygen atoms in total. The molecule has 19 heavy (non-hydrogen) atoms. The smallest absolute Gasteiger partial charge is 0.252 e. The van der Waals surface area contributed by atoms with E-state index in [9.17, 15) is 9.59 Å². The molecule has 1 saturated heterocycles. The molecule has 0 aliphatic carbocycles. The first-order chi connectivity index (χ1) is 8.90. The van der Waals surface area contributed by atoms with Gasteiger partial charge in [0.2, 0.25) is 5.91 Å². The van der Waals surface area contributed by atoms with Gasteiger partial charge >= 0.3 is 0 Å². The Morgan fingerprint density at radius 3 is 2.63 bits per heavy atom. The number of rotatable bonds is 3. The minimum Gasteiger partial charge on any atom is -0.372 e. The quantitative estimate of drug-likeness (QED) is 0.866. The van der Waals surface area contributed by atoms with Crippen molar-refractivity contribution >= 4 is 29.1 Å². The first kappa shape index (κ1) is 13.9. The van der Waals surface area contributed by atoms with Gasteiger partial charge in [-0.05, 0) is 38.5 Å². The van der Waals surface area contributed by atoms with E-state index in [1.54, 1.807) is 6.07 Å². The summed E-state index contributed by atoms with van der Waals surface area (Å²) in [6, 6.07) is 4.92. The van der Waals surface area contributed by atoms with Crippen LogP contribution >= 0.6 is 11.6 Å². The normalized spacial score (nSPS) is 19.4. The molecule has 1 atom stereocenters. The topological polar surface area (TPSA) is 49.4 Å². The molecule has 0 radical (unpaired) electrons. The van der Waals surface area contributed by atoms with E-state index < -0.39 is 6.04 Å². The molecule has 5 heteroatoms. The highest BCUT2D eigenvalue weighted by atomic mass is 35.5. The van der Waals surface area contributed by atoms with Crippen molar-refractivity contribution in [1.82, 2.24) is 4.90 Å². The molecule has 102 valence electrons. The number of carbonyl (C=O) groups is 2.